The molecular formula is C21H24F4N4O. The number of nitrogens with one attached hydrogen (secondary N) is 2. The normalized spacial score (nSPS) is 19.6. The van der Waals surface area contributed by atoms with Crippen molar-refractivity contribution in [3.8, 4) is 0 Å². The van der Waals surface area contributed by atoms with E-state index >= 15 is 0 Å². The molecule has 4 rings (SSSR count). The first-order valence-corrected chi connectivity index (χ1v) is 10.1. The number of aromatic nitrogens is 2. The molecule has 5 nitrogen and oxygen atoms in total. The summed E-state index contributed by atoms with van der Waals surface area (Å²) in [4.78, 5) is 14.2. The number of carbonyl (C=O) groups is 1. The number of likely N-dealkylation sites (tertiary alicyclic amines) is 1. The molecular weight excluding hydrogens is 400 g/mol. The van der Waals surface area contributed by atoms with E-state index in [1.807, 2.05) is 0 Å². The van der Waals surface area contributed by atoms with Crippen molar-refractivity contribution in [2.45, 2.75) is 50.9 Å². The lowest BCUT2D eigenvalue weighted by Gasteiger charge is -2.52. The summed E-state index contributed by atoms with van der Waals surface area (Å²) in [6.45, 7) is 1.95. The topological polar surface area (TPSA) is 61.0 Å². The molecule has 0 bridgehead atoms. The van der Waals surface area contributed by atoms with E-state index in [0.717, 1.165) is 56.5 Å². The Kier molecular flexibility index (Phi) is 5.57. The summed E-state index contributed by atoms with van der Waals surface area (Å²) in [6.07, 6.45) is 2.75. The van der Waals surface area contributed by atoms with Gasteiger partial charge in [0.05, 0.1) is 18.2 Å². The lowest BCUT2D eigenvalue weighted by molar-refractivity contribution is -0.140. The molecule has 1 aromatic heterocycles. The highest BCUT2D eigenvalue weighted by Gasteiger charge is 2.46. The summed E-state index contributed by atoms with van der Waals surface area (Å²) in [5.41, 5.74) is 0.327. The van der Waals surface area contributed by atoms with Crippen LogP contribution < -0.4 is 5.32 Å². The summed E-state index contributed by atoms with van der Waals surface area (Å²) in [5.74, 6) is -1.25. The SMILES string of the molecule is O=C(Cc1cn[nH]c1)NC1CC2(CCN(Cc3ccc(F)c(C(F)(F)F)c3)CC2)C1. The monoisotopic (exact) mass is 424 g/mol. The van der Waals surface area contributed by atoms with Crippen LogP contribution in [-0.2, 0) is 23.9 Å². The molecule has 2 aliphatic rings. The third-order valence-corrected chi connectivity index (χ3v) is 6.30. The highest BCUT2D eigenvalue weighted by Crippen LogP contribution is 2.49. The molecule has 0 unspecified atom stereocenters. The average molecular weight is 424 g/mol. The lowest BCUT2D eigenvalue weighted by Crippen LogP contribution is -2.55. The first-order chi connectivity index (χ1) is 14.2. The van der Waals surface area contributed by atoms with E-state index in [2.05, 4.69) is 20.4 Å². The van der Waals surface area contributed by atoms with Gasteiger partial charge in [0.25, 0.3) is 0 Å². The number of alkyl halides is 3. The molecule has 1 saturated heterocycles. The van der Waals surface area contributed by atoms with Gasteiger partial charge in [-0.2, -0.15) is 18.3 Å². The van der Waals surface area contributed by atoms with Gasteiger partial charge < -0.3 is 5.32 Å². The fraction of sp³-hybridized carbons (Fsp3) is 0.524. The maximum absolute atomic E-state index is 13.5. The number of H-pyrrole nitrogens is 1. The van der Waals surface area contributed by atoms with Crippen molar-refractivity contribution >= 4 is 5.91 Å². The van der Waals surface area contributed by atoms with Gasteiger partial charge in [0.15, 0.2) is 0 Å². The molecule has 2 N–H and O–H groups in total. The maximum Gasteiger partial charge on any atom is 0.419 e. The van der Waals surface area contributed by atoms with Crippen molar-refractivity contribution in [3.05, 3.63) is 53.1 Å². The zero-order valence-corrected chi connectivity index (χ0v) is 16.4. The second-order valence-electron chi connectivity index (χ2n) is 8.54. The average Bonchev–Trinajstić information content (AvgIpc) is 3.15. The molecule has 1 saturated carbocycles. The number of carbonyl (C=O) groups excluding carboxylic acids is 1. The predicted octanol–water partition coefficient (Wildman–Crippen LogP) is 3.67. The molecule has 1 aromatic carbocycles. The highest BCUT2D eigenvalue weighted by molar-refractivity contribution is 5.78. The molecule has 2 aromatic rings. The van der Waals surface area contributed by atoms with E-state index in [1.54, 1.807) is 12.4 Å². The molecule has 9 heteroatoms. The fourth-order valence-corrected chi connectivity index (χ4v) is 4.67. The van der Waals surface area contributed by atoms with Gasteiger partial charge in [-0.15, -0.1) is 0 Å². The first kappa shape index (κ1) is 20.8. The van der Waals surface area contributed by atoms with E-state index in [4.69, 9.17) is 0 Å². The molecule has 0 radical (unpaired) electrons. The molecule has 0 atom stereocenters. The van der Waals surface area contributed by atoms with E-state index in [9.17, 15) is 22.4 Å². The summed E-state index contributed by atoms with van der Waals surface area (Å²) in [6, 6.07) is 3.41. The Labute approximate surface area is 171 Å². The van der Waals surface area contributed by atoms with Crippen LogP contribution in [0.3, 0.4) is 0 Å². The Morgan fingerprint density at radius 3 is 2.60 bits per heavy atom. The maximum atomic E-state index is 13.5. The van der Waals surface area contributed by atoms with E-state index in [1.165, 1.54) is 6.07 Å². The number of benzene rings is 1. The smallest absolute Gasteiger partial charge is 0.353 e. The Morgan fingerprint density at radius 2 is 1.97 bits per heavy atom. The minimum Gasteiger partial charge on any atom is -0.353 e. The molecule has 2 heterocycles. The van der Waals surface area contributed by atoms with Gasteiger partial charge in [0, 0.05) is 18.8 Å². The lowest BCUT2D eigenvalue weighted by atomic mass is 9.60. The van der Waals surface area contributed by atoms with Crippen LogP contribution in [0.15, 0.2) is 30.6 Å². The molecule has 1 spiro atoms. The minimum atomic E-state index is -4.69. The zero-order chi connectivity index (χ0) is 21.4. The molecule has 2 fully saturated rings. The van der Waals surface area contributed by atoms with Gasteiger partial charge in [0.1, 0.15) is 5.82 Å². The number of aromatic amines is 1. The van der Waals surface area contributed by atoms with Crippen LogP contribution in [0.2, 0.25) is 0 Å². The number of amides is 1. The fourth-order valence-electron chi connectivity index (χ4n) is 4.67. The van der Waals surface area contributed by atoms with E-state index in [0.29, 0.717) is 18.5 Å². The second kappa shape index (κ2) is 8.02. The van der Waals surface area contributed by atoms with Crippen molar-refractivity contribution in [2.75, 3.05) is 13.1 Å². The Bertz CT molecular complexity index is 881. The highest BCUT2D eigenvalue weighted by atomic mass is 19.4. The number of hydrogen-bond acceptors (Lipinski definition) is 3. The second-order valence-corrected chi connectivity index (χ2v) is 8.54. The largest absolute Gasteiger partial charge is 0.419 e. The standard InChI is InChI=1S/C21H24F4N4O/c22-18-2-1-14(7-17(18)21(23,24)25)13-29-5-3-20(4-6-29)9-16(10-20)28-19(30)8-15-11-26-27-12-15/h1-2,7,11-12,16H,3-6,8-10,13H2,(H,26,27)(H,28,30). The van der Waals surface area contributed by atoms with Gasteiger partial charge >= 0.3 is 6.18 Å². The molecule has 1 amide bonds. The van der Waals surface area contributed by atoms with Crippen LogP contribution in [-0.4, -0.2) is 40.1 Å². The molecule has 30 heavy (non-hydrogen) atoms. The number of halogens is 4. The minimum absolute atomic E-state index is 0.00883. The van der Waals surface area contributed by atoms with Gasteiger partial charge in [-0.25, -0.2) is 4.39 Å². The van der Waals surface area contributed by atoms with Gasteiger partial charge in [-0.1, -0.05) is 6.07 Å². The summed E-state index contributed by atoms with van der Waals surface area (Å²) >= 11 is 0. The van der Waals surface area contributed by atoms with Crippen molar-refractivity contribution in [1.82, 2.24) is 20.4 Å². The van der Waals surface area contributed by atoms with Crippen molar-refractivity contribution in [3.63, 3.8) is 0 Å². The van der Waals surface area contributed by atoms with Gasteiger partial charge in [-0.05, 0) is 67.4 Å². The Balaban J connectivity index is 1.24. The van der Waals surface area contributed by atoms with Crippen LogP contribution in [0.25, 0.3) is 0 Å². The van der Waals surface area contributed by atoms with Crippen LogP contribution in [0.4, 0.5) is 17.6 Å². The number of rotatable bonds is 5. The van der Waals surface area contributed by atoms with Crippen LogP contribution in [0.5, 0.6) is 0 Å². The number of hydrogen-bond donors (Lipinski definition) is 2. The molecule has 1 aliphatic heterocycles. The number of nitrogens with zero attached hydrogens (tertiary/aromatic N) is 2. The quantitative estimate of drug-likeness (QED) is 0.720. The van der Waals surface area contributed by atoms with Crippen molar-refractivity contribution < 1.29 is 22.4 Å². The van der Waals surface area contributed by atoms with Gasteiger partial charge in [-0.3, -0.25) is 14.8 Å². The molecule has 1 aliphatic carbocycles. The summed E-state index contributed by atoms with van der Waals surface area (Å²) in [5, 5.41) is 9.59. The Hall–Kier alpha value is -2.42. The van der Waals surface area contributed by atoms with E-state index < -0.39 is 17.6 Å². The Morgan fingerprint density at radius 1 is 1.23 bits per heavy atom. The third-order valence-electron chi connectivity index (χ3n) is 6.30. The third kappa shape index (κ3) is 4.66. The summed E-state index contributed by atoms with van der Waals surface area (Å²) < 4.78 is 52.2. The predicted molar refractivity (Wildman–Crippen MR) is 102 cm³/mol. The van der Waals surface area contributed by atoms with Crippen molar-refractivity contribution in [2.24, 2.45) is 5.41 Å². The zero-order valence-electron chi connectivity index (χ0n) is 16.4. The van der Waals surface area contributed by atoms with E-state index in [-0.39, 0.29) is 17.4 Å². The van der Waals surface area contributed by atoms with Crippen LogP contribution in [0.1, 0.15) is 42.4 Å². The number of piperidine rings is 1. The van der Waals surface area contributed by atoms with Gasteiger partial charge in [0.2, 0.25) is 5.91 Å². The van der Waals surface area contributed by atoms with Crippen LogP contribution in [0, 0.1) is 11.2 Å². The summed E-state index contributed by atoms with van der Waals surface area (Å²) in [7, 11) is 0. The van der Waals surface area contributed by atoms with Crippen LogP contribution >= 0.6 is 0 Å². The first-order valence-electron chi connectivity index (χ1n) is 10.1. The van der Waals surface area contributed by atoms with Crippen molar-refractivity contribution in [1.29, 1.82) is 0 Å². The molecule has 162 valence electrons.